The second-order valence-corrected chi connectivity index (χ2v) is 6.79. The predicted molar refractivity (Wildman–Crippen MR) is 82.0 cm³/mol. The average molecular weight is 357 g/mol. The second-order valence-electron chi connectivity index (χ2n) is 5.55. The number of ether oxygens (including phenoxy) is 1. The first-order chi connectivity index (χ1) is 8.72. The lowest BCUT2D eigenvalue weighted by atomic mass is 9.87. The largest absolute Gasteiger partial charge is 0.490 e. The van der Waals surface area contributed by atoms with Crippen molar-refractivity contribution in [2.45, 2.75) is 50.8 Å². The molecule has 0 amide bonds. The van der Waals surface area contributed by atoms with Crippen molar-refractivity contribution in [1.29, 1.82) is 0 Å². The molecule has 1 saturated carbocycles. The van der Waals surface area contributed by atoms with Gasteiger partial charge in [0.25, 0.3) is 0 Å². The molecule has 3 heteroatoms. The van der Waals surface area contributed by atoms with Crippen LogP contribution in [0.2, 0.25) is 0 Å². The fraction of sp³-hybridized carbons (Fsp3) is 0.600. The van der Waals surface area contributed by atoms with Crippen molar-refractivity contribution in [3.05, 3.63) is 27.8 Å². The standard InChI is InChI=1S/C15H20INO/c1-11-3-2-8-17(11)13-9-15(10-13)18-14-6-4-12(16)5-7-14/h4-7,11,13,15H,2-3,8-10H2,1H3/t11-,13-,15-/m1/s1. The molecule has 2 fully saturated rings. The Morgan fingerprint density at radius 1 is 1.22 bits per heavy atom. The van der Waals surface area contributed by atoms with E-state index in [0.29, 0.717) is 6.10 Å². The predicted octanol–water partition coefficient (Wildman–Crippen LogP) is 3.69. The molecule has 0 N–H and O–H groups in total. The quantitative estimate of drug-likeness (QED) is 0.766. The van der Waals surface area contributed by atoms with Crippen molar-refractivity contribution in [1.82, 2.24) is 4.90 Å². The summed E-state index contributed by atoms with van der Waals surface area (Å²) in [4.78, 5) is 2.67. The lowest BCUT2D eigenvalue weighted by Gasteiger charge is -2.42. The van der Waals surface area contributed by atoms with Gasteiger partial charge in [-0.3, -0.25) is 4.90 Å². The number of likely N-dealkylation sites (tertiary alicyclic amines) is 1. The third-order valence-corrected chi connectivity index (χ3v) is 4.98. The van der Waals surface area contributed by atoms with Crippen LogP contribution in [0.5, 0.6) is 5.75 Å². The van der Waals surface area contributed by atoms with Gasteiger partial charge in [-0.15, -0.1) is 0 Å². The molecule has 0 radical (unpaired) electrons. The highest BCUT2D eigenvalue weighted by atomic mass is 127. The highest BCUT2D eigenvalue weighted by Crippen LogP contribution is 2.34. The van der Waals surface area contributed by atoms with Gasteiger partial charge in [0, 0.05) is 28.5 Å². The van der Waals surface area contributed by atoms with E-state index in [4.69, 9.17) is 4.74 Å². The highest BCUT2D eigenvalue weighted by Gasteiger charge is 2.38. The lowest BCUT2D eigenvalue weighted by molar-refractivity contribution is 0.0141. The molecule has 0 spiro atoms. The van der Waals surface area contributed by atoms with Crippen LogP contribution in [0.4, 0.5) is 0 Å². The zero-order chi connectivity index (χ0) is 12.5. The van der Waals surface area contributed by atoms with E-state index < -0.39 is 0 Å². The zero-order valence-electron chi connectivity index (χ0n) is 10.8. The Bertz CT molecular complexity index is 399. The van der Waals surface area contributed by atoms with E-state index in [1.54, 1.807) is 0 Å². The monoisotopic (exact) mass is 357 g/mol. The molecule has 1 aromatic rings. The Labute approximate surface area is 123 Å². The van der Waals surface area contributed by atoms with Gasteiger partial charge < -0.3 is 4.74 Å². The average Bonchev–Trinajstić information content (AvgIpc) is 2.72. The topological polar surface area (TPSA) is 12.5 Å². The molecule has 2 aliphatic rings. The molecule has 0 unspecified atom stereocenters. The van der Waals surface area contributed by atoms with Crippen LogP contribution in [0, 0.1) is 3.57 Å². The molecular weight excluding hydrogens is 337 g/mol. The summed E-state index contributed by atoms with van der Waals surface area (Å²) in [7, 11) is 0. The Morgan fingerprint density at radius 3 is 2.56 bits per heavy atom. The molecule has 1 aliphatic heterocycles. The van der Waals surface area contributed by atoms with Crippen molar-refractivity contribution >= 4 is 22.6 Å². The zero-order valence-corrected chi connectivity index (χ0v) is 13.0. The van der Waals surface area contributed by atoms with Gasteiger partial charge in [0.2, 0.25) is 0 Å². The summed E-state index contributed by atoms with van der Waals surface area (Å²) < 4.78 is 7.26. The van der Waals surface area contributed by atoms with Crippen LogP contribution in [0.25, 0.3) is 0 Å². The molecule has 1 heterocycles. The van der Waals surface area contributed by atoms with Gasteiger partial charge in [-0.05, 0) is 73.2 Å². The van der Waals surface area contributed by atoms with Crippen LogP contribution < -0.4 is 4.74 Å². The van der Waals surface area contributed by atoms with Crippen molar-refractivity contribution in [2.24, 2.45) is 0 Å². The summed E-state index contributed by atoms with van der Waals surface area (Å²) in [6, 6.07) is 9.93. The van der Waals surface area contributed by atoms with Gasteiger partial charge in [-0.1, -0.05) is 0 Å². The molecule has 3 rings (SSSR count). The first kappa shape index (κ1) is 12.7. The van der Waals surface area contributed by atoms with E-state index in [0.717, 1.165) is 17.8 Å². The van der Waals surface area contributed by atoms with Gasteiger partial charge in [-0.25, -0.2) is 0 Å². The van der Waals surface area contributed by atoms with Crippen molar-refractivity contribution in [3.63, 3.8) is 0 Å². The minimum Gasteiger partial charge on any atom is -0.490 e. The molecule has 1 aliphatic carbocycles. The molecule has 0 aromatic heterocycles. The fourth-order valence-corrected chi connectivity index (χ4v) is 3.47. The van der Waals surface area contributed by atoms with Gasteiger partial charge >= 0.3 is 0 Å². The van der Waals surface area contributed by atoms with Gasteiger partial charge in [0.15, 0.2) is 0 Å². The maximum atomic E-state index is 6.00. The summed E-state index contributed by atoms with van der Waals surface area (Å²) in [6.45, 7) is 3.66. The Balaban J connectivity index is 1.49. The number of rotatable bonds is 3. The number of hydrogen-bond donors (Lipinski definition) is 0. The van der Waals surface area contributed by atoms with Gasteiger partial charge in [0.1, 0.15) is 11.9 Å². The van der Waals surface area contributed by atoms with Crippen LogP contribution in [0.3, 0.4) is 0 Å². The van der Waals surface area contributed by atoms with Crippen LogP contribution in [0.15, 0.2) is 24.3 Å². The van der Waals surface area contributed by atoms with Crippen molar-refractivity contribution in [3.8, 4) is 5.75 Å². The second kappa shape index (κ2) is 5.37. The summed E-state index contributed by atoms with van der Waals surface area (Å²) in [5.74, 6) is 1.02. The Hall–Kier alpha value is -0.290. The molecule has 1 saturated heterocycles. The van der Waals surface area contributed by atoms with Crippen LogP contribution in [-0.2, 0) is 0 Å². The third kappa shape index (κ3) is 2.67. The molecule has 18 heavy (non-hydrogen) atoms. The molecule has 1 aromatic carbocycles. The lowest BCUT2D eigenvalue weighted by Crippen LogP contribution is -2.50. The first-order valence-corrected chi connectivity index (χ1v) is 7.98. The molecular formula is C15H20INO. The fourth-order valence-electron chi connectivity index (χ4n) is 3.11. The minimum absolute atomic E-state index is 0.433. The maximum Gasteiger partial charge on any atom is 0.119 e. The molecule has 0 bridgehead atoms. The minimum atomic E-state index is 0.433. The molecule has 2 nitrogen and oxygen atoms in total. The third-order valence-electron chi connectivity index (χ3n) is 4.26. The Morgan fingerprint density at radius 2 is 1.94 bits per heavy atom. The smallest absolute Gasteiger partial charge is 0.119 e. The van der Waals surface area contributed by atoms with Crippen molar-refractivity contribution in [2.75, 3.05) is 6.54 Å². The highest BCUT2D eigenvalue weighted by molar-refractivity contribution is 14.1. The van der Waals surface area contributed by atoms with Crippen LogP contribution in [0.1, 0.15) is 32.6 Å². The SMILES string of the molecule is C[C@@H]1CCCN1[C@H]1C[C@H](Oc2ccc(I)cc2)C1. The summed E-state index contributed by atoms with van der Waals surface area (Å²) in [6.07, 6.45) is 5.59. The number of benzene rings is 1. The molecule has 98 valence electrons. The summed E-state index contributed by atoms with van der Waals surface area (Å²) >= 11 is 2.32. The normalized spacial score (nSPS) is 32.2. The van der Waals surface area contributed by atoms with E-state index >= 15 is 0 Å². The van der Waals surface area contributed by atoms with E-state index in [9.17, 15) is 0 Å². The van der Waals surface area contributed by atoms with E-state index in [1.165, 1.54) is 35.8 Å². The molecule has 1 atom stereocenters. The number of hydrogen-bond acceptors (Lipinski definition) is 2. The summed E-state index contributed by atoms with van der Waals surface area (Å²) in [5, 5.41) is 0. The number of halogens is 1. The maximum absolute atomic E-state index is 6.00. The summed E-state index contributed by atoms with van der Waals surface area (Å²) in [5.41, 5.74) is 0. The van der Waals surface area contributed by atoms with E-state index in [1.807, 2.05) is 0 Å². The van der Waals surface area contributed by atoms with Crippen LogP contribution >= 0.6 is 22.6 Å². The number of nitrogens with zero attached hydrogens (tertiary/aromatic N) is 1. The van der Waals surface area contributed by atoms with Crippen LogP contribution in [-0.4, -0.2) is 29.6 Å². The van der Waals surface area contributed by atoms with E-state index in [-0.39, 0.29) is 0 Å². The van der Waals surface area contributed by atoms with Gasteiger partial charge in [-0.2, -0.15) is 0 Å². The van der Waals surface area contributed by atoms with E-state index in [2.05, 4.69) is 58.7 Å². The van der Waals surface area contributed by atoms with Crippen molar-refractivity contribution < 1.29 is 4.74 Å². The first-order valence-electron chi connectivity index (χ1n) is 6.90. The van der Waals surface area contributed by atoms with Gasteiger partial charge in [0.05, 0.1) is 0 Å². The Kier molecular flexibility index (Phi) is 3.80.